The molecule has 1 aliphatic heterocycles. The van der Waals surface area contributed by atoms with Gasteiger partial charge >= 0.3 is 0 Å². The third-order valence-electron chi connectivity index (χ3n) is 3.47. The normalized spacial score (nSPS) is 33.7. The van der Waals surface area contributed by atoms with Crippen LogP contribution >= 0.6 is 0 Å². The average molecular weight is 183 g/mol. The molecule has 2 rings (SSSR count). The molecule has 0 bridgehead atoms. The van der Waals surface area contributed by atoms with Gasteiger partial charge in [0.1, 0.15) is 0 Å². The lowest BCUT2D eigenvalue weighted by Gasteiger charge is -2.32. The van der Waals surface area contributed by atoms with E-state index in [1.165, 1.54) is 19.4 Å². The Bertz CT molecular complexity index is 187. The molecule has 0 aromatic rings. The van der Waals surface area contributed by atoms with Gasteiger partial charge in [0.2, 0.25) is 0 Å². The molecule has 0 radical (unpaired) electrons. The Labute approximate surface area is 81.3 Å². The van der Waals surface area contributed by atoms with Gasteiger partial charge in [0.15, 0.2) is 0 Å². The topological polar surface area (TPSA) is 12.5 Å². The van der Waals surface area contributed by atoms with Crippen LogP contribution in [0.4, 0.5) is 0 Å². The van der Waals surface area contributed by atoms with Gasteiger partial charge in [-0.05, 0) is 33.6 Å². The molecule has 1 aliphatic carbocycles. The van der Waals surface area contributed by atoms with Gasteiger partial charge < -0.3 is 4.74 Å². The van der Waals surface area contributed by atoms with Crippen LogP contribution in [0.25, 0.3) is 0 Å². The third-order valence-corrected chi connectivity index (χ3v) is 3.47. The minimum absolute atomic E-state index is 0.551. The zero-order valence-corrected chi connectivity index (χ0v) is 9.05. The quantitative estimate of drug-likeness (QED) is 0.615. The maximum Gasteiger partial charge on any atom is 0.0619 e. The van der Waals surface area contributed by atoms with Crippen molar-refractivity contribution < 1.29 is 4.74 Å². The van der Waals surface area contributed by atoms with Crippen molar-refractivity contribution in [1.29, 1.82) is 0 Å². The van der Waals surface area contributed by atoms with Crippen LogP contribution in [-0.2, 0) is 4.74 Å². The van der Waals surface area contributed by atoms with Crippen molar-refractivity contribution >= 4 is 0 Å². The maximum absolute atomic E-state index is 5.72. The first-order chi connectivity index (χ1) is 6.13. The second-order valence-corrected chi connectivity index (χ2v) is 5.13. The molecular weight excluding hydrogens is 162 g/mol. The summed E-state index contributed by atoms with van der Waals surface area (Å²) >= 11 is 0. The molecule has 1 saturated heterocycles. The van der Waals surface area contributed by atoms with Crippen LogP contribution < -0.4 is 0 Å². The lowest BCUT2D eigenvalue weighted by atomic mass is 10.1. The van der Waals surface area contributed by atoms with Crippen molar-refractivity contribution in [3.8, 4) is 0 Å². The lowest BCUT2D eigenvalue weighted by molar-refractivity contribution is 0.0906. The molecule has 13 heavy (non-hydrogen) atoms. The van der Waals surface area contributed by atoms with Gasteiger partial charge in [-0.25, -0.2) is 0 Å². The number of hydrogen-bond donors (Lipinski definition) is 0. The predicted octanol–water partition coefficient (Wildman–Crippen LogP) is 1.90. The SMILES string of the molecule is CC(C)N1CC2(CC2)COCC1C. The highest BCUT2D eigenvalue weighted by molar-refractivity contribution is 4.98. The molecule has 2 nitrogen and oxygen atoms in total. The van der Waals surface area contributed by atoms with Crippen molar-refractivity contribution in [3.63, 3.8) is 0 Å². The summed E-state index contributed by atoms with van der Waals surface area (Å²) in [6.07, 6.45) is 2.76. The van der Waals surface area contributed by atoms with Crippen LogP contribution in [0.1, 0.15) is 33.6 Å². The Hall–Kier alpha value is -0.0800. The molecule has 0 amide bonds. The Morgan fingerprint density at radius 1 is 1.38 bits per heavy atom. The Morgan fingerprint density at radius 3 is 2.62 bits per heavy atom. The van der Waals surface area contributed by atoms with E-state index in [2.05, 4.69) is 25.7 Å². The summed E-state index contributed by atoms with van der Waals surface area (Å²) in [7, 11) is 0. The van der Waals surface area contributed by atoms with Gasteiger partial charge in [-0.3, -0.25) is 4.90 Å². The van der Waals surface area contributed by atoms with Crippen LogP contribution in [0.3, 0.4) is 0 Å². The fourth-order valence-electron chi connectivity index (χ4n) is 2.30. The van der Waals surface area contributed by atoms with Crippen LogP contribution in [0.15, 0.2) is 0 Å². The second-order valence-electron chi connectivity index (χ2n) is 5.13. The van der Waals surface area contributed by atoms with Gasteiger partial charge in [0, 0.05) is 24.0 Å². The van der Waals surface area contributed by atoms with Gasteiger partial charge in [0.25, 0.3) is 0 Å². The van der Waals surface area contributed by atoms with Crippen molar-refractivity contribution in [1.82, 2.24) is 4.90 Å². The standard InChI is InChI=1S/C11H21NO/c1-9(2)12-7-11(4-5-11)8-13-6-10(12)3/h9-10H,4-8H2,1-3H3. The first kappa shape index (κ1) is 9.47. The van der Waals surface area contributed by atoms with Crippen LogP contribution in [-0.4, -0.2) is 36.7 Å². The fraction of sp³-hybridized carbons (Fsp3) is 1.00. The molecular formula is C11H21NO. The number of nitrogens with zero attached hydrogens (tertiary/aromatic N) is 1. The molecule has 2 heteroatoms. The maximum atomic E-state index is 5.72. The van der Waals surface area contributed by atoms with E-state index >= 15 is 0 Å². The molecule has 1 atom stereocenters. The zero-order valence-electron chi connectivity index (χ0n) is 9.05. The first-order valence-corrected chi connectivity index (χ1v) is 5.46. The molecule has 0 aromatic carbocycles. The van der Waals surface area contributed by atoms with E-state index in [0.29, 0.717) is 17.5 Å². The first-order valence-electron chi connectivity index (χ1n) is 5.46. The molecule has 76 valence electrons. The van der Waals surface area contributed by atoms with E-state index < -0.39 is 0 Å². The summed E-state index contributed by atoms with van der Waals surface area (Å²) in [5, 5.41) is 0. The van der Waals surface area contributed by atoms with E-state index in [-0.39, 0.29) is 0 Å². The molecule has 2 fully saturated rings. The summed E-state index contributed by atoms with van der Waals surface area (Å²) < 4.78 is 5.72. The van der Waals surface area contributed by atoms with E-state index in [9.17, 15) is 0 Å². The molecule has 0 aromatic heterocycles. The average Bonchev–Trinajstić information content (AvgIpc) is 2.82. The lowest BCUT2D eigenvalue weighted by Crippen LogP contribution is -2.42. The number of hydrogen-bond acceptors (Lipinski definition) is 2. The van der Waals surface area contributed by atoms with Crippen molar-refractivity contribution in [2.24, 2.45) is 5.41 Å². The third kappa shape index (κ3) is 1.89. The van der Waals surface area contributed by atoms with E-state index in [1.54, 1.807) is 0 Å². The fourth-order valence-corrected chi connectivity index (χ4v) is 2.30. The van der Waals surface area contributed by atoms with Crippen molar-refractivity contribution in [2.45, 2.75) is 45.7 Å². The van der Waals surface area contributed by atoms with Gasteiger partial charge in [-0.15, -0.1) is 0 Å². The predicted molar refractivity (Wildman–Crippen MR) is 53.8 cm³/mol. The Kier molecular flexibility index (Phi) is 2.37. The summed E-state index contributed by atoms with van der Waals surface area (Å²) in [6, 6.07) is 1.26. The molecule has 0 N–H and O–H groups in total. The Balaban J connectivity index is 2.04. The van der Waals surface area contributed by atoms with Crippen LogP contribution in [0.5, 0.6) is 0 Å². The minimum Gasteiger partial charge on any atom is -0.379 e. The van der Waals surface area contributed by atoms with E-state index in [1.807, 2.05) is 0 Å². The van der Waals surface area contributed by atoms with Crippen molar-refractivity contribution in [3.05, 3.63) is 0 Å². The molecule has 1 unspecified atom stereocenters. The summed E-state index contributed by atoms with van der Waals surface area (Å²) in [5.41, 5.74) is 0.551. The van der Waals surface area contributed by atoms with Gasteiger partial charge in [-0.2, -0.15) is 0 Å². The van der Waals surface area contributed by atoms with Gasteiger partial charge in [-0.1, -0.05) is 0 Å². The Morgan fingerprint density at radius 2 is 2.08 bits per heavy atom. The smallest absolute Gasteiger partial charge is 0.0619 e. The van der Waals surface area contributed by atoms with Crippen molar-refractivity contribution in [2.75, 3.05) is 19.8 Å². The second kappa shape index (κ2) is 3.25. The van der Waals surface area contributed by atoms with Crippen LogP contribution in [0.2, 0.25) is 0 Å². The monoisotopic (exact) mass is 183 g/mol. The van der Waals surface area contributed by atoms with E-state index in [0.717, 1.165) is 13.2 Å². The number of rotatable bonds is 1. The van der Waals surface area contributed by atoms with Crippen LogP contribution in [0, 0.1) is 5.41 Å². The summed E-state index contributed by atoms with van der Waals surface area (Å²) in [5.74, 6) is 0. The molecule has 1 heterocycles. The van der Waals surface area contributed by atoms with E-state index in [4.69, 9.17) is 4.74 Å². The largest absolute Gasteiger partial charge is 0.379 e. The highest BCUT2D eigenvalue weighted by Gasteiger charge is 2.46. The zero-order chi connectivity index (χ0) is 9.47. The molecule has 2 aliphatic rings. The minimum atomic E-state index is 0.551. The molecule has 1 saturated carbocycles. The summed E-state index contributed by atoms with van der Waals surface area (Å²) in [6.45, 7) is 10.0. The highest BCUT2D eigenvalue weighted by Crippen LogP contribution is 2.48. The molecule has 1 spiro atoms. The summed E-state index contributed by atoms with van der Waals surface area (Å²) in [4.78, 5) is 2.60. The number of ether oxygens (including phenoxy) is 1. The highest BCUT2D eigenvalue weighted by atomic mass is 16.5. The van der Waals surface area contributed by atoms with Gasteiger partial charge in [0.05, 0.1) is 13.2 Å².